The van der Waals surface area contributed by atoms with Crippen molar-refractivity contribution < 1.29 is 13.6 Å². The molecule has 0 aliphatic rings. The number of rotatable bonds is 2. The Balaban J connectivity index is 2.55. The van der Waals surface area contributed by atoms with Crippen LogP contribution >= 0.6 is 31.9 Å². The molecule has 0 atom stereocenters. The second-order valence-corrected chi connectivity index (χ2v) is 5.18. The fourth-order valence-electron chi connectivity index (χ4n) is 1.50. The van der Waals surface area contributed by atoms with Crippen molar-refractivity contribution in [1.29, 1.82) is 0 Å². The average Bonchev–Trinajstić information content (AvgIpc) is 2.35. The van der Waals surface area contributed by atoms with Gasteiger partial charge in [-0.15, -0.1) is 0 Å². The zero-order valence-electron chi connectivity index (χ0n) is 8.88. The molecular weight excluding hydrogens is 370 g/mol. The lowest BCUT2D eigenvalue weighted by atomic mass is 10.0. The number of carbonyl (C=O) groups excluding carboxylic acids is 1. The van der Waals surface area contributed by atoms with Crippen LogP contribution in [0, 0.1) is 11.6 Å². The van der Waals surface area contributed by atoms with Crippen molar-refractivity contribution in [2.75, 3.05) is 0 Å². The molecule has 0 saturated heterocycles. The minimum Gasteiger partial charge on any atom is -0.288 e. The van der Waals surface area contributed by atoms with E-state index in [1.54, 1.807) is 6.07 Å². The van der Waals surface area contributed by atoms with E-state index >= 15 is 0 Å². The molecule has 0 aliphatic heterocycles. The minimum absolute atomic E-state index is 0.0365. The van der Waals surface area contributed by atoms with Crippen LogP contribution in [-0.4, -0.2) is 5.78 Å². The first-order valence-electron chi connectivity index (χ1n) is 4.95. The fraction of sp³-hybridized carbons (Fsp3) is 0. The van der Waals surface area contributed by atoms with Gasteiger partial charge in [0.25, 0.3) is 0 Å². The van der Waals surface area contributed by atoms with Crippen molar-refractivity contribution in [3.05, 3.63) is 68.1 Å². The van der Waals surface area contributed by atoms with Gasteiger partial charge in [-0.1, -0.05) is 12.1 Å². The molecule has 0 unspecified atom stereocenters. The highest BCUT2D eigenvalue weighted by Crippen LogP contribution is 2.26. The standard InChI is InChI=1S/C13H6Br2F2O/c14-9-5-1-4-8(12(9)17)13(18)7-3-2-6-10(16)11(7)15/h1-6H. The number of halogens is 4. The molecular formula is C13H6Br2F2O. The first-order chi connectivity index (χ1) is 8.52. The van der Waals surface area contributed by atoms with E-state index in [1.807, 2.05) is 0 Å². The highest BCUT2D eigenvalue weighted by molar-refractivity contribution is 9.10. The maximum Gasteiger partial charge on any atom is 0.197 e. The van der Waals surface area contributed by atoms with Crippen molar-refractivity contribution in [3.8, 4) is 0 Å². The predicted molar refractivity (Wildman–Crippen MR) is 71.6 cm³/mol. The minimum atomic E-state index is -0.654. The summed E-state index contributed by atoms with van der Waals surface area (Å²) in [6, 6.07) is 8.47. The third kappa shape index (κ3) is 2.37. The van der Waals surface area contributed by atoms with Gasteiger partial charge in [0.1, 0.15) is 11.6 Å². The number of ketones is 1. The van der Waals surface area contributed by atoms with E-state index in [9.17, 15) is 13.6 Å². The molecule has 0 aliphatic carbocycles. The molecule has 0 heterocycles. The summed E-state index contributed by atoms with van der Waals surface area (Å²) in [5, 5.41) is 0. The SMILES string of the molecule is O=C(c1cccc(Br)c1F)c1cccc(F)c1Br. The number of hydrogen-bond donors (Lipinski definition) is 0. The molecule has 2 rings (SSSR count). The van der Waals surface area contributed by atoms with E-state index in [0.717, 1.165) is 0 Å². The topological polar surface area (TPSA) is 17.1 Å². The molecule has 0 bridgehead atoms. The highest BCUT2D eigenvalue weighted by atomic mass is 79.9. The van der Waals surface area contributed by atoms with Gasteiger partial charge in [-0.25, -0.2) is 8.78 Å². The van der Waals surface area contributed by atoms with E-state index in [0.29, 0.717) is 0 Å². The summed E-state index contributed by atoms with van der Waals surface area (Å²) in [4.78, 5) is 12.1. The van der Waals surface area contributed by atoms with Crippen LogP contribution in [0.1, 0.15) is 15.9 Å². The molecule has 2 aromatic rings. The van der Waals surface area contributed by atoms with Crippen LogP contribution in [0.25, 0.3) is 0 Å². The smallest absolute Gasteiger partial charge is 0.197 e. The van der Waals surface area contributed by atoms with Crippen LogP contribution in [0.15, 0.2) is 45.3 Å². The summed E-state index contributed by atoms with van der Waals surface area (Å²) in [5.74, 6) is -1.78. The summed E-state index contributed by atoms with van der Waals surface area (Å²) >= 11 is 6.00. The molecule has 0 radical (unpaired) electrons. The van der Waals surface area contributed by atoms with E-state index in [4.69, 9.17) is 0 Å². The molecule has 18 heavy (non-hydrogen) atoms. The zero-order chi connectivity index (χ0) is 13.3. The third-order valence-corrected chi connectivity index (χ3v) is 3.81. The molecule has 5 heteroatoms. The first-order valence-corrected chi connectivity index (χ1v) is 6.53. The van der Waals surface area contributed by atoms with E-state index in [1.165, 1.54) is 30.3 Å². The highest BCUT2D eigenvalue weighted by Gasteiger charge is 2.19. The number of hydrogen-bond acceptors (Lipinski definition) is 1. The van der Waals surface area contributed by atoms with Crippen molar-refractivity contribution in [2.24, 2.45) is 0 Å². The van der Waals surface area contributed by atoms with E-state index in [-0.39, 0.29) is 20.1 Å². The lowest BCUT2D eigenvalue weighted by Crippen LogP contribution is -2.06. The van der Waals surface area contributed by atoms with E-state index in [2.05, 4.69) is 31.9 Å². The second kappa shape index (κ2) is 5.28. The molecule has 0 fully saturated rings. The maximum absolute atomic E-state index is 13.8. The largest absolute Gasteiger partial charge is 0.288 e. The van der Waals surface area contributed by atoms with Crippen LogP contribution in [0.2, 0.25) is 0 Å². The lowest BCUT2D eigenvalue weighted by molar-refractivity contribution is 0.103. The van der Waals surface area contributed by atoms with Crippen molar-refractivity contribution >= 4 is 37.6 Å². The molecule has 0 N–H and O–H groups in total. The van der Waals surface area contributed by atoms with Gasteiger partial charge in [0.15, 0.2) is 5.78 Å². The van der Waals surface area contributed by atoms with Crippen molar-refractivity contribution in [3.63, 3.8) is 0 Å². The maximum atomic E-state index is 13.8. The van der Waals surface area contributed by atoms with Crippen molar-refractivity contribution in [2.45, 2.75) is 0 Å². The van der Waals surface area contributed by atoms with Gasteiger partial charge in [0.2, 0.25) is 0 Å². The van der Waals surface area contributed by atoms with Gasteiger partial charge < -0.3 is 0 Å². The van der Waals surface area contributed by atoms with Crippen LogP contribution in [0.4, 0.5) is 8.78 Å². The van der Waals surface area contributed by atoms with Gasteiger partial charge in [-0.3, -0.25) is 4.79 Å². The van der Waals surface area contributed by atoms with Gasteiger partial charge in [-0.05, 0) is 56.1 Å². The molecule has 0 saturated carbocycles. The Morgan fingerprint density at radius 2 is 1.56 bits per heavy atom. The monoisotopic (exact) mass is 374 g/mol. The Labute approximate surface area is 119 Å². The summed E-state index contributed by atoms with van der Waals surface area (Å²) in [5.41, 5.74) is -0.0114. The van der Waals surface area contributed by atoms with E-state index < -0.39 is 17.4 Å². The summed E-state index contributed by atoms with van der Waals surface area (Å²) in [7, 11) is 0. The number of carbonyl (C=O) groups is 1. The first kappa shape index (κ1) is 13.4. The van der Waals surface area contributed by atoms with Gasteiger partial charge >= 0.3 is 0 Å². The molecule has 2 aromatic carbocycles. The second-order valence-electron chi connectivity index (χ2n) is 3.53. The zero-order valence-corrected chi connectivity index (χ0v) is 12.1. The molecule has 0 amide bonds. The molecule has 1 nitrogen and oxygen atoms in total. The van der Waals surface area contributed by atoms with Crippen LogP contribution in [0.5, 0.6) is 0 Å². The van der Waals surface area contributed by atoms with Gasteiger partial charge in [0, 0.05) is 5.56 Å². The quantitative estimate of drug-likeness (QED) is 0.694. The normalized spacial score (nSPS) is 10.4. The Morgan fingerprint density at radius 1 is 0.944 bits per heavy atom. The number of benzene rings is 2. The van der Waals surface area contributed by atoms with Gasteiger partial charge in [-0.2, -0.15) is 0 Å². The van der Waals surface area contributed by atoms with Gasteiger partial charge in [0.05, 0.1) is 14.5 Å². The Kier molecular flexibility index (Phi) is 3.92. The molecule has 0 spiro atoms. The van der Waals surface area contributed by atoms with Crippen LogP contribution < -0.4 is 0 Å². The Hall–Kier alpha value is -1.07. The van der Waals surface area contributed by atoms with Crippen LogP contribution in [-0.2, 0) is 0 Å². The molecule has 92 valence electrons. The Bertz CT molecular complexity index is 573. The Morgan fingerprint density at radius 3 is 2.28 bits per heavy atom. The van der Waals surface area contributed by atoms with Crippen LogP contribution in [0.3, 0.4) is 0 Å². The summed E-state index contributed by atoms with van der Waals surface area (Å²) in [6.45, 7) is 0. The predicted octanol–water partition coefficient (Wildman–Crippen LogP) is 4.72. The molecule has 0 aromatic heterocycles. The lowest BCUT2D eigenvalue weighted by Gasteiger charge is -2.06. The van der Waals surface area contributed by atoms with Crippen molar-refractivity contribution in [1.82, 2.24) is 0 Å². The fourth-order valence-corrected chi connectivity index (χ4v) is 2.31. The summed E-state index contributed by atoms with van der Waals surface area (Å²) in [6.07, 6.45) is 0. The average molecular weight is 376 g/mol. The summed E-state index contributed by atoms with van der Waals surface area (Å²) < 4.78 is 27.4. The third-order valence-electron chi connectivity index (χ3n) is 2.39.